The van der Waals surface area contributed by atoms with Gasteiger partial charge in [-0.3, -0.25) is 0 Å². The molecule has 0 aromatic heterocycles. The maximum absolute atomic E-state index is 9.96. The summed E-state index contributed by atoms with van der Waals surface area (Å²) < 4.78 is 30.1. The Morgan fingerprint density at radius 2 is 1.40 bits per heavy atom. The molecular weight excluding hydrogens is 299 g/mol. The smallest absolute Gasteiger partial charge is 0.376 e. The highest BCUT2D eigenvalue weighted by atomic mass is 31.1. The average Bonchev–Trinajstić information content (AvgIpc) is 2.40. The molecule has 0 amide bonds. The van der Waals surface area contributed by atoms with Gasteiger partial charge in [0.2, 0.25) is 0 Å². The monoisotopic (exact) mass is 329 g/mol. The van der Waals surface area contributed by atoms with Crippen molar-refractivity contribution in [2.45, 2.75) is 53.4 Å². The molecule has 0 saturated heterocycles. The van der Waals surface area contributed by atoms with Gasteiger partial charge in [-0.25, -0.2) is 0 Å². The quantitative estimate of drug-likeness (QED) is 0.337. The van der Waals surface area contributed by atoms with E-state index in [0.29, 0.717) is 26.4 Å². The fraction of sp³-hybridized carbons (Fsp3) is 1.00. The molecule has 0 aromatic rings. The van der Waals surface area contributed by atoms with E-state index in [9.17, 15) is 4.57 Å². The summed E-state index contributed by atoms with van der Waals surface area (Å²) in [4.78, 5) is 8.20. The van der Waals surface area contributed by atoms with Crippen LogP contribution in [0.25, 0.3) is 0 Å². The van der Waals surface area contributed by atoms with Crippen LogP contribution >= 0.6 is 8.25 Å². The summed E-state index contributed by atoms with van der Waals surface area (Å²) >= 11 is 0. The molecule has 122 valence electrons. The highest BCUT2D eigenvalue weighted by molar-refractivity contribution is 7.32. The molecule has 1 N–H and O–H groups in total. The Balaban J connectivity index is 0. The lowest BCUT2D eigenvalue weighted by Crippen LogP contribution is -2.27. The molecule has 0 saturated carbocycles. The number of hydrogen-bond donors (Lipinski definition) is 1. The molecule has 1 atom stereocenters. The van der Waals surface area contributed by atoms with E-state index in [1.165, 1.54) is 12.8 Å². The SMILES string of the molecule is CCCCCCO[P+](=O)O.CCO[SiH](OCC)OCC. The van der Waals surface area contributed by atoms with Crippen LogP contribution in [0.5, 0.6) is 0 Å². The highest BCUT2D eigenvalue weighted by Crippen LogP contribution is 2.15. The predicted octanol–water partition coefficient (Wildman–Crippen LogP) is 3.05. The Morgan fingerprint density at radius 1 is 0.900 bits per heavy atom. The van der Waals surface area contributed by atoms with Gasteiger partial charge in [0.05, 0.1) is 0 Å². The van der Waals surface area contributed by atoms with Gasteiger partial charge in [-0.05, 0) is 27.2 Å². The average molecular weight is 329 g/mol. The van der Waals surface area contributed by atoms with Gasteiger partial charge in [0.25, 0.3) is 0 Å². The minimum atomic E-state index is -2.37. The number of hydrogen-bond acceptors (Lipinski definition) is 5. The van der Waals surface area contributed by atoms with Crippen molar-refractivity contribution in [3.8, 4) is 0 Å². The topological polar surface area (TPSA) is 74.2 Å². The minimum Gasteiger partial charge on any atom is -0.376 e. The van der Waals surface area contributed by atoms with E-state index < -0.39 is 17.8 Å². The standard InChI is InChI=1S/C6H13O3P.C6H16O3Si/c1-2-3-4-5-6-9-10(7)8;1-4-7-10(8-5-2)9-6-3/h2-6H2,1H3;10H,4-6H2,1-3H3/p+1. The number of unbranched alkanes of at least 4 members (excludes halogenated alkanes) is 3. The molecule has 0 heterocycles. The van der Waals surface area contributed by atoms with E-state index in [1.807, 2.05) is 20.8 Å². The first-order valence-electron chi connectivity index (χ1n) is 7.26. The van der Waals surface area contributed by atoms with E-state index in [2.05, 4.69) is 11.4 Å². The Kier molecular flexibility index (Phi) is 21.4. The van der Waals surface area contributed by atoms with Crippen molar-refractivity contribution in [1.82, 2.24) is 0 Å². The molecule has 0 bridgehead atoms. The van der Waals surface area contributed by atoms with Gasteiger partial charge < -0.3 is 13.3 Å². The summed E-state index contributed by atoms with van der Waals surface area (Å²) in [5.74, 6) is 0. The molecule has 8 heteroatoms. The molecule has 20 heavy (non-hydrogen) atoms. The summed E-state index contributed by atoms with van der Waals surface area (Å²) in [6.07, 6.45) is 4.31. The van der Waals surface area contributed by atoms with Crippen molar-refractivity contribution in [1.29, 1.82) is 0 Å². The van der Waals surface area contributed by atoms with Crippen LogP contribution in [0.2, 0.25) is 0 Å². The van der Waals surface area contributed by atoms with Crippen molar-refractivity contribution >= 4 is 17.8 Å². The summed E-state index contributed by atoms with van der Waals surface area (Å²) in [6.45, 7) is 10.4. The third-order valence-corrected chi connectivity index (χ3v) is 4.33. The molecule has 1 unspecified atom stereocenters. The minimum absolute atomic E-state index is 0.408. The van der Waals surface area contributed by atoms with Crippen molar-refractivity contribution in [2.24, 2.45) is 0 Å². The third-order valence-electron chi connectivity index (χ3n) is 2.11. The molecule has 6 nitrogen and oxygen atoms in total. The third kappa shape index (κ3) is 20.4. The van der Waals surface area contributed by atoms with Gasteiger partial charge in [-0.1, -0.05) is 26.2 Å². The summed E-state index contributed by atoms with van der Waals surface area (Å²) in [5, 5.41) is 0. The highest BCUT2D eigenvalue weighted by Gasteiger charge is 2.11. The lowest BCUT2D eigenvalue weighted by atomic mass is 10.2. The maximum Gasteiger partial charge on any atom is 0.694 e. The largest absolute Gasteiger partial charge is 0.694 e. The molecule has 0 aliphatic carbocycles. The summed E-state index contributed by atoms with van der Waals surface area (Å²) in [5.41, 5.74) is 0. The fourth-order valence-electron chi connectivity index (χ4n) is 1.22. The van der Waals surface area contributed by atoms with Gasteiger partial charge in [0.1, 0.15) is 6.61 Å². The maximum atomic E-state index is 9.96. The van der Waals surface area contributed by atoms with E-state index in [1.54, 1.807) is 0 Å². The normalized spacial score (nSPS) is 11.2. The zero-order chi connectivity index (χ0) is 15.6. The van der Waals surface area contributed by atoms with Gasteiger partial charge in [0.15, 0.2) is 0 Å². The Labute approximate surface area is 125 Å². The summed E-state index contributed by atoms with van der Waals surface area (Å²) in [7, 11) is -4.11. The summed E-state index contributed by atoms with van der Waals surface area (Å²) in [6, 6.07) is 0. The molecule has 0 spiro atoms. The first-order valence-corrected chi connectivity index (χ1v) is 9.80. The van der Waals surface area contributed by atoms with Crippen molar-refractivity contribution in [2.75, 3.05) is 26.4 Å². The van der Waals surface area contributed by atoms with Crippen molar-refractivity contribution in [3.05, 3.63) is 0 Å². The van der Waals surface area contributed by atoms with E-state index in [0.717, 1.165) is 12.8 Å². The molecule has 0 aromatic carbocycles. The van der Waals surface area contributed by atoms with E-state index >= 15 is 0 Å². The van der Waals surface area contributed by atoms with Crippen LogP contribution in [0, 0.1) is 0 Å². The van der Waals surface area contributed by atoms with Crippen LogP contribution in [-0.4, -0.2) is 40.8 Å². The Morgan fingerprint density at radius 3 is 1.75 bits per heavy atom. The zero-order valence-electron chi connectivity index (χ0n) is 13.2. The number of rotatable bonds is 12. The van der Waals surface area contributed by atoms with Gasteiger partial charge in [-0.2, -0.15) is 0 Å². The molecule has 0 radical (unpaired) electrons. The molecular formula is C12H30O6PSi+. The van der Waals surface area contributed by atoms with Crippen LogP contribution in [0.1, 0.15) is 53.4 Å². The molecule has 0 fully saturated rings. The van der Waals surface area contributed by atoms with Crippen LogP contribution in [0.3, 0.4) is 0 Å². The second-order valence-electron chi connectivity index (χ2n) is 3.79. The predicted molar refractivity (Wildman–Crippen MR) is 81.9 cm³/mol. The second-order valence-corrected chi connectivity index (χ2v) is 6.10. The van der Waals surface area contributed by atoms with Gasteiger partial charge >= 0.3 is 17.8 Å². The lowest BCUT2D eigenvalue weighted by Gasteiger charge is -2.12. The van der Waals surface area contributed by atoms with Crippen molar-refractivity contribution in [3.63, 3.8) is 0 Å². The fourth-order valence-corrected chi connectivity index (χ4v) is 2.61. The lowest BCUT2D eigenvalue weighted by molar-refractivity contribution is 0.107. The molecule has 0 aliphatic heterocycles. The molecule has 0 aliphatic rings. The van der Waals surface area contributed by atoms with Crippen LogP contribution in [0.15, 0.2) is 0 Å². The Bertz CT molecular complexity index is 194. The van der Waals surface area contributed by atoms with Crippen molar-refractivity contribution < 1.29 is 27.3 Å². The second kappa shape index (κ2) is 19.1. The van der Waals surface area contributed by atoms with Crippen LogP contribution in [0.4, 0.5) is 0 Å². The van der Waals surface area contributed by atoms with Gasteiger partial charge in [-0.15, -0.1) is 9.42 Å². The van der Waals surface area contributed by atoms with Crippen LogP contribution < -0.4 is 0 Å². The van der Waals surface area contributed by atoms with Crippen LogP contribution in [-0.2, 0) is 22.4 Å². The zero-order valence-corrected chi connectivity index (χ0v) is 15.2. The van der Waals surface area contributed by atoms with Gasteiger partial charge in [0, 0.05) is 24.4 Å². The first kappa shape index (κ1) is 22.4. The Hall–Kier alpha value is 0.117. The first-order chi connectivity index (χ1) is 9.62. The molecule has 0 rings (SSSR count). The van der Waals surface area contributed by atoms with E-state index in [-0.39, 0.29) is 0 Å². The van der Waals surface area contributed by atoms with E-state index in [4.69, 9.17) is 18.2 Å².